The van der Waals surface area contributed by atoms with Crippen molar-refractivity contribution in [1.29, 1.82) is 0 Å². The van der Waals surface area contributed by atoms with Gasteiger partial charge in [0.1, 0.15) is 0 Å². The molecule has 0 unspecified atom stereocenters. The fraction of sp³-hybridized carbons (Fsp3) is 0.261. The summed E-state index contributed by atoms with van der Waals surface area (Å²) in [7, 11) is 0. The van der Waals surface area contributed by atoms with Crippen molar-refractivity contribution < 1.29 is 4.79 Å². The molecule has 6 nitrogen and oxygen atoms in total. The van der Waals surface area contributed by atoms with Crippen LogP contribution in [-0.2, 0) is 11.2 Å². The van der Waals surface area contributed by atoms with Crippen LogP contribution in [0.15, 0.2) is 82.5 Å². The predicted molar refractivity (Wildman–Crippen MR) is 110 cm³/mol. The average molecular weight is 383 g/mol. The highest BCUT2D eigenvalue weighted by Crippen LogP contribution is 2.46. The highest BCUT2D eigenvalue weighted by atomic mass is 16.1. The number of carbonyl (C=O) groups is 1. The van der Waals surface area contributed by atoms with E-state index in [4.69, 9.17) is 0 Å². The average Bonchev–Trinajstić information content (AvgIpc) is 3.15. The summed E-state index contributed by atoms with van der Waals surface area (Å²) in [5.74, 6) is 1.47. The van der Waals surface area contributed by atoms with Gasteiger partial charge in [-0.2, -0.15) is 5.11 Å². The van der Waals surface area contributed by atoms with Gasteiger partial charge in [0.25, 0.3) is 0 Å². The fourth-order valence-corrected chi connectivity index (χ4v) is 4.11. The molecule has 0 spiro atoms. The Balaban J connectivity index is 1.24. The molecule has 3 aromatic rings. The third-order valence-electron chi connectivity index (χ3n) is 5.74. The van der Waals surface area contributed by atoms with Gasteiger partial charge in [0.2, 0.25) is 5.91 Å². The number of hydrogen-bond donors (Lipinski definition) is 1. The van der Waals surface area contributed by atoms with Gasteiger partial charge in [-0.1, -0.05) is 18.2 Å². The molecule has 5 rings (SSSR count). The lowest BCUT2D eigenvalue weighted by Gasteiger charge is -2.35. The fourth-order valence-electron chi connectivity index (χ4n) is 4.11. The molecule has 29 heavy (non-hydrogen) atoms. The monoisotopic (exact) mass is 383 g/mol. The zero-order valence-electron chi connectivity index (χ0n) is 16.0. The van der Waals surface area contributed by atoms with E-state index in [1.165, 1.54) is 0 Å². The van der Waals surface area contributed by atoms with E-state index in [1.807, 2.05) is 48.7 Å². The van der Waals surface area contributed by atoms with Crippen LogP contribution in [0.1, 0.15) is 30.0 Å². The minimum absolute atomic E-state index is 0.0674. The van der Waals surface area contributed by atoms with E-state index in [0.29, 0.717) is 30.6 Å². The van der Waals surface area contributed by atoms with Gasteiger partial charge in [-0.15, -0.1) is 5.11 Å². The van der Waals surface area contributed by atoms with E-state index in [2.05, 4.69) is 31.6 Å². The van der Waals surface area contributed by atoms with Crippen molar-refractivity contribution in [3.8, 4) is 0 Å². The molecule has 1 amide bonds. The number of fused-ring (bicyclic) bond motifs is 1. The Labute approximate surface area is 168 Å². The summed E-state index contributed by atoms with van der Waals surface area (Å²) in [4.78, 5) is 21.4. The van der Waals surface area contributed by atoms with E-state index in [9.17, 15) is 4.79 Å². The normalized spacial score (nSPS) is 20.7. The highest BCUT2D eigenvalue weighted by molar-refractivity contribution is 5.84. The molecule has 1 aliphatic carbocycles. The Kier molecular flexibility index (Phi) is 4.60. The van der Waals surface area contributed by atoms with Gasteiger partial charge in [-0.25, -0.2) is 0 Å². The molecule has 3 heterocycles. The van der Waals surface area contributed by atoms with Gasteiger partial charge in [-0.3, -0.25) is 14.8 Å². The van der Waals surface area contributed by atoms with Crippen LogP contribution in [0.3, 0.4) is 0 Å². The smallest absolute Gasteiger partial charge is 0.229 e. The summed E-state index contributed by atoms with van der Waals surface area (Å²) in [5.41, 5.74) is 4.18. The maximum atomic E-state index is 12.6. The summed E-state index contributed by atoms with van der Waals surface area (Å²) < 4.78 is 0. The van der Waals surface area contributed by atoms with Crippen LogP contribution in [0, 0.1) is 5.92 Å². The third-order valence-corrected chi connectivity index (χ3v) is 5.74. The molecule has 144 valence electrons. The third kappa shape index (κ3) is 3.66. The van der Waals surface area contributed by atoms with Crippen LogP contribution in [-0.4, -0.2) is 22.4 Å². The number of nitrogens with zero attached hydrogens (tertiary/aromatic N) is 4. The van der Waals surface area contributed by atoms with E-state index in [1.54, 1.807) is 6.20 Å². The second-order valence-electron chi connectivity index (χ2n) is 7.65. The summed E-state index contributed by atoms with van der Waals surface area (Å²) in [6.07, 6.45) is 5.99. The zero-order chi connectivity index (χ0) is 19.6. The molecular formula is C23H21N5O. The second-order valence-corrected chi connectivity index (χ2v) is 7.65. The summed E-state index contributed by atoms with van der Waals surface area (Å²) in [6, 6.07) is 15.9. The Bertz CT molecular complexity index is 1120. The summed E-state index contributed by atoms with van der Waals surface area (Å²) >= 11 is 0. The first-order valence-corrected chi connectivity index (χ1v) is 9.91. The van der Waals surface area contributed by atoms with Gasteiger partial charge in [0.15, 0.2) is 5.82 Å². The van der Waals surface area contributed by atoms with Gasteiger partial charge in [-0.05, 0) is 54.7 Å². The molecule has 1 N–H and O–H groups in total. The Morgan fingerprint density at radius 2 is 1.90 bits per heavy atom. The molecule has 6 heteroatoms. The van der Waals surface area contributed by atoms with Crippen molar-refractivity contribution >= 4 is 16.8 Å². The number of hydrogen-bond acceptors (Lipinski definition) is 5. The number of amides is 1. The quantitative estimate of drug-likeness (QED) is 0.718. The SMILES string of the molecule is O=C(Cc1ccc2ncccc2c1)NC1=C(C2CC(c3ccccn3)C2)CN=N1. The molecule has 0 radical (unpaired) electrons. The maximum Gasteiger partial charge on any atom is 0.229 e. The molecule has 0 saturated heterocycles. The minimum Gasteiger partial charge on any atom is -0.309 e. The molecule has 1 fully saturated rings. The minimum atomic E-state index is -0.0674. The lowest BCUT2D eigenvalue weighted by molar-refractivity contribution is -0.119. The lowest BCUT2D eigenvalue weighted by atomic mass is 9.69. The molecule has 1 saturated carbocycles. The number of nitrogens with one attached hydrogen (secondary N) is 1. The number of azo groups is 1. The van der Waals surface area contributed by atoms with Gasteiger partial charge in [0, 0.05) is 35.0 Å². The molecule has 1 aliphatic heterocycles. The summed E-state index contributed by atoms with van der Waals surface area (Å²) in [6.45, 7) is 0.580. The first-order valence-electron chi connectivity index (χ1n) is 9.91. The first-order chi connectivity index (χ1) is 14.3. The second kappa shape index (κ2) is 7.54. The Morgan fingerprint density at radius 1 is 1.00 bits per heavy atom. The maximum absolute atomic E-state index is 12.6. The number of rotatable bonds is 5. The van der Waals surface area contributed by atoms with Crippen molar-refractivity contribution in [2.45, 2.75) is 25.2 Å². The number of aromatic nitrogens is 2. The van der Waals surface area contributed by atoms with Crippen LogP contribution >= 0.6 is 0 Å². The van der Waals surface area contributed by atoms with Crippen LogP contribution < -0.4 is 5.32 Å². The van der Waals surface area contributed by atoms with E-state index in [-0.39, 0.29) is 5.91 Å². The molecule has 2 aromatic heterocycles. The van der Waals surface area contributed by atoms with Crippen LogP contribution in [0.4, 0.5) is 0 Å². The molecule has 0 atom stereocenters. The number of carbonyl (C=O) groups excluding carboxylic acids is 1. The van der Waals surface area contributed by atoms with E-state index in [0.717, 1.165) is 40.6 Å². The standard InChI is InChI=1S/C23H21N5O/c29-22(11-15-6-7-21-16(10-15)4-3-9-25-21)27-23-19(14-26-28-23)17-12-18(13-17)20-5-1-2-8-24-20/h1-10,17-18H,11-14H2,(H,27,29). The lowest BCUT2D eigenvalue weighted by Crippen LogP contribution is -2.29. The molecule has 2 aliphatic rings. The van der Waals surface area contributed by atoms with E-state index >= 15 is 0 Å². The molecule has 1 aromatic carbocycles. The van der Waals surface area contributed by atoms with Crippen molar-refractivity contribution in [2.75, 3.05) is 6.54 Å². The molecular weight excluding hydrogens is 362 g/mol. The summed E-state index contributed by atoms with van der Waals surface area (Å²) in [5, 5.41) is 12.4. The van der Waals surface area contributed by atoms with Crippen molar-refractivity contribution in [3.05, 3.63) is 83.6 Å². The topological polar surface area (TPSA) is 79.6 Å². The van der Waals surface area contributed by atoms with Crippen LogP contribution in [0.5, 0.6) is 0 Å². The van der Waals surface area contributed by atoms with Gasteiger partial charge >= 0.3 is 0 Å². The van der Waals surface area contributed by atoms with Crippen LogP contribution in [0.2, 0.25) is 0 Å². The largest absolute Gasteiger partial charge is 0.309 e. The van der Waals surface area contributed by atoms with Gasteiger partial charge in [0.05, 0.1) is 18.5 Å². The van der Waals surface area contributed by atoms with Crippen molar-refractivity contribution in [3.63, 3.8) is 0 Å². The Morgan fingerprint density at radius 3 is 2.76 bits per heavy atom. The van der Waals surface area contributed by atoms with E-state index < -0.39 is 0 Å². The van der Waals surface area contributed by atoms with Crippen LogP contribution in [0.25, 0.3) is 10.9 Å². The molecule has 0 bridgehead atoms. The van der Waals surface area contributed by atoms with Crippen molar-refractivity contribution in [2.24, 2.45) is 16.1 Å². The Hall–Kier alpha value is -3.41. The number of pyridine rings is 2. The van der Waals surface area contributed by atoms with Crippen molar-refractivity contribution in [1.82, 2.24) is 15.3 Å². The predicted octanol–water partition coefficient (Wildman–Crippen LogP) is 4.16. The number of benzene rings is 1. The first kappa shape index (κ1) is 17.7. The van der Waals surface area contributed by atoms with Gasteiger partial charge < -0.3 is 5.32 Å². The highest BCUT2D eigenvalue weighted by Gasteiger charge is 2.36. The zero-order valence-corrected chi connectivity index (χ0v) is 16.0.